The zero-order valence-electron chi connectivity index (χ0n) is 10.6. The van der Waals surface area contributed by atoms with E-state index in [1.54, 1.807) is 0 Å². The predicted molar refractivity (Wildman–Crippen MR) is 70.1 cm³/mol. The molecule has 0 heterocycles. The van der Waals surface area contributed by atoms with E-state index in [-0.39, 0.29) is 12.1 Å². The van der Waals surface area contributed by atoms with E-state index in [9.17, 15) is 28.1 Å². The highest BCUT2D eigenvalue weighted by Gasteiger charge is 2.30. The van der Waals surface area contributed by atoms with Gasteiger partial charge in [0.15, 0.2) is 0 Å². The third-order valence-electron chi connectivity index (χ3n) is 2.59. The molecule has 0 amide bonds. The summed E-state index contributed by atoms with van der Waals surface area (Å²) in [5, 5.41) is 17.6. The van der Waals surface area contributed by atoms with Crippen LogP contribution in [0.3, 0.4) is 0 Å². The summed E-state index contributed by atoms with van der Waals surface area (Å²) < 4.78 is 23.9. The van der Waals surface area contributed by atoms with E-state index in [4.69, 9.17) is 10.8 Å². The molecule has 21 heavy (non-hydrogen) atoms. The SMILES string of the molecule is N[C@@H](CCC(=O)O)C(=O)S(=O)(=O)c1ccc([N+](=O)[O-])cc1. The number of nitro groups is 1. The molecule has 0 aliphatic rings. The fourth-order valence-electron chi connectivity index (χ4n) is 1.46. The molecule has 0 aliphatic heterocycles. The number of carbonyl (C=O) groups is 2. The maximum absolute atomic E-state index is 12.0. The fourth-order valence-corrected chi connectivity index (χ4v) is 2.70. The van der Waals surface area contributed by atoms with Gasteiger partial charge in [-0.25, -0.2) is 8.42 Å². The molecule has 1 atom stereocenters. The van der Waals surface area contributed by atoms with Gasteiger partial charge in [-0.1, -0.05) is 0 Å². The monoisotopic (exact) mass is 316 g/mol. The quantitative estimate of drug-likeness (QED) is 0.551. The fraction of sp³-hybridized carbons (Fsp3) is 0.273. The second-order valence-corrected chi connectivity index (χ2v) is 5.99. The average molecular weight is 316 g/mol. The number of carboxylic acids is 1. The first-order valence-corrected chi connectivity index (χ1v) is 7.15. The van der Waals surface area contributed by atoms with Crippen LogP contribution in [0.15, 0.2) is 29.2 Å². The molecule has 0 saturated carbocycles. The van der Waals surface area contributed by atoms with Crippen molar-refractivity contribution in [2.24, 2.45) is 5.73 Å². The molecule has 9 nitrogen and oxygen atoms in total. The second kappa shape index (κ2) is 6.41. The summed E-state index contributed by atoms with van der Waals surface area (Å²) in [6.45, 7) is 0. The molecule has 10 heteroatoms. The van der Waals surface area contributed by atoms with Crippen molar-refractivity contribution in [2.75, 3.05) is 0 Å². The van der Waals surface area contributed by atoms with Crippen LogP contribution in [0.4, 0.5) is 5.69 Å². The number of carbonyl (C=O) groups excluding carboxylic acids is 1. The zero-order valence-corrected chi connectivity index (χ0v) is 11.4. The lowest BCUT2D eigenvalue weighted by molar-refractivity contribution is -0.384. The van der Waals surface area contributed by atoms with Crippen molar-refractivity contribution < 1.29 is 28.0 Å². The van der Waals surface area contributed by atoms with Crippen LogP contribution in [0.25, 0.3) is 0 Å². The number of benzene rings is 1. The molecule has 0 spiro atoms. The summed E-state index contributed by atoms with van der Waals surface area (Å²) in [4.78, 5) is 31.5. The van der Waals surface area contributed by atoms with E-state index in [0.29, 0.717) is 0 Å². The van der Waals surface area contributed by atoms with Gasteiger partial charge in [0.2, 0.25) is 9.84 Å². The van der Waals surface area contributed by atoms with Gasteiger partial charge in [0.1, 0.15) is 0 Å². The van der Waals surface area contributed by atoms with Gasteiger partial charge in [0.25, 0.3) is 10.8 Å². The first-order valence-electron chi connectivity index (χ1n) is 5.67. The third-order valence-corrected chi connectivity index (χ3v) is 4.32. The number of hydrogen-bond donors (Lipinski definition) is 2. The Hall–Kier alpha value is -2.33. The van der Waals surface area contributed by atoms with E-state index in [1.807, 2.05) is 0 Å². The van der Waals surface area contributed by atoms with Crippen molar-refractivity contribution in [3.05, 3.63) is 34.4 Å². The molecule has 0 aromatic heterocycles. The normalized spacial score (nSPS) is 12.6. The Morgan fingerprint density at radius 1 is 1.29 bits per heavy atom. The predicted octanol–water partition coefficient (Wildman–Crippen LogP) is 0.0872. The molecule has 1 aromatic carbocycles. The highest BCUT2D eigenvalue weighted by molar-refractivity contribution is 8.06. The largest absolute Gasteiger partial charge is 0.481 e. The van der Waals surface area contributed by atoms with Gasteiger partial charge < -0.3 is 10.8 Å². The Kier molecular flexibility index (Phi) is 5.11. The molecule has 0 fully saturated rings. The van der Waals surface area contributed by atoms with Crippen LogP contribution in [0.1, 0.15) is 12.8 Å². The second-order valence-electron chi connectivity index (χ2n) is 4.11. The van der Waals surface area contributed by atoms with E-state index >= 15 is 0 Å². The van der Waals surface area contributed by atoms with Crippen molar-refractivity contribution >= 4 is 26.6 Å². The van der Waals surface area contributed by atoms with Crippen LogP contribution in [0.5, 0.6) is 0 Å². The summed E-state index contributed by atoms with van der Waals surface area (Å²) in [5.41, 5.74) is 5.04. The lowest BCUT2D eigenvalue weighted by Gasteiger charge is -2.09. The maximum Gasteiger partial charge on any atom is 0.303 e. The number of nitrogens with zero attached hydrogens (tertiary/aromatic N) is 1. The average Bonchev–Trinajstić information content (AvgIpc) is 2.43. The molecule has 1 rings (SSSR count). The number of carboxylic acid groups (broad SMARTS) is 1. The zero-order chi connectivity index (χ0) is 16.2. The lowest BCUT2D eigenvalue weighted by Crippen LogP contribution is -2.36. The van der Waals surface area contributed by atoms with Gasteiger partial charge >= 0.3 is 5.97 Å². The van der Waals surface area contributed by atoms with E-state index < -0.39 is 43.2 Å². The standard InChI is InChI=1S/C11H12N2O7S/c12-9(5-6-10(14)15)11(16)21(19,20)8-3-1-7(2-4-8)13(17)18/h1-4,9H,5-6,12H2,(H,14,15)/t9-/m0/s1. The van der Waals surface area contributed by atoms with Crippen LogP contribution in [0, 0.1) is 10.1 Å². The van der Waals surface area contributed by atoms with Crippen LogP contribution in [-0.4, -0.2) is 35.6 Å². The Balaban J connectivity index is 2.96. The number of nitro benzene ring substituents is 1. The number of aliphatic carboxylic acids is 1. The Bertz CT molecular complexity index is 666. The van der Waals surface area contributed by atoms with Crippen molar-refractivity contribution in [2.45, 2.75) is 23.8 Å². The topological polar surface area (TPSA) is 158 Å². The Morgan fingerprint density at radius 3 is 2.24 bits per heavy atom. The number of nitrogens with two attached hydrogens (primary N) is 1. The third kappa shape index (κ3) is 4.07. The summed E-state index contributed by atoms with van der Waals surface area (Å²) in [7, 11) is -4.41. The van der Waals surface area contributed by atoms with Crippen molar-refractivity contribution in [1.82, 2.24) is 0 Å². The van der Waals surface area contributed by atoms with E-state index in [2.05, 4.69) is 0 Å². The lowest BCUT2D eigenvalue weighted by atomic mass is 10.2. The molecule has 114 valence electrons. The summed E-state index contributed by atoms with van der Waals surface area (Å²) >= 11 is 0. The molecule has 0 radical (unpaired) electrons. The maximum atomic E-state index is 12.0. The molecule has 1 aromatic rings. The van der Waals surface area contributed by atoms with Crippen molar-refractivity contribution in [3.8, 4) is 0 Å². The van der Waals surface area contributed by atoms with Gasteiger partial charge in [-0.2, -0.15) is 0 Å². The highest BCUT2D eigenvalue weighted by Crippen LogP contribution is 2.18. The minimum Gasteiger partial charge on any atom is -0.481 e. The Labute approximate surface area is 119 Å². The number of rotatable bonds is 6. The minimum absolute atomic E-state index is 0.319. The Morgan fingerprint density at radius 2 is 1.81 bits per heavy atom. The molecular weight excluding hydrogens is 304 g/mol. The van der Waals surface area contributed by atoms with Gasteiger partial charge in [0, 0.05) is 18.6 Å². The summed E-state index contributed by atoms with van der Waals surface area (Å²) in [5.74, 6) is -1.20. The minimum atomic E-state index is -4.41. The van der Waals surface area contributed by atoms with E-state index in [1.165, 1.54) is 0 Å². The number of hydrogen-bond acceptors (Lipinski definition) is 7. The molecule has 3 N–H and O–H groups in total. The molecule has 0 saturated heterocycles. The first kappa shape index (κ1) is 16.7. The van der Waals surface area contributed by atoms with Crippen molar-refractivity contribution in [3.63, 3.8) is 0 Å². The summed E-state index contributed by atoms with van der Waals surface area (Å²) in [6.07, 6.45) is -0.761. The number of sulfone groups is 1. The smallest absolute Gasteiger partial charge is 0.303 e. The van der Waals surface area contributed by atoms with Crippen LogP contribution < -0.4 is 5.73 Å². The van der Waals surface area contributed by atoms with Crippen LogP contribution >= 0.6 is 0 Å². The number of non-ortho nitro benzene ring substituents is 1. The van der Waals surface area contributed by atoms with Crippen LogP contribution in [0.2, 0.25) is 0 Å². The first-order chi connectivity index (χ1) is 9.66. The molecule has 0 bridgehead atoms. The van der Waals surface area contributed by atoms with E-state index in [0.717, 1.165) is 24.3 Å². The summed E-state index contributed by atoms with van der Waals surface area (Å²) in [6, 6.07) is 2.28. The van der Waals surface area contributed by atoms with Gasteiger partial charge in [-0.05, 0) is 18.6 Å². The highest BCUT2D eigenvalue weighted by atomic mass is 32.2. The van der Waals surface area contributed by atoms with Crippen molar-refractivity contribution in [1.29, 1.82) is 0 Å². The molecule has 0 unspecified atom stereocenters. The van der Waals surface area contributed by atoms with Gasteiger partial charge in [-0.15, -0.1) is 0 Å². The van der Waals surface area contributed by atoms with Gasteiger partial charge in [0.05, 0.1) is 15.9 Å². The van der Waals surface area contributed by atoms with Gasteiger partial charge in [-0.3, -0.25) is 19.7 Å². The molecule has 0 aliphatic carbocycles. The van der Waals surface area contributed by atoms with Crippen LogP contribution in [-0.2, 0) is 19.4 Å². The molecular formula is C11H12N2O7S.